The molecule has 0 spiro atoms. The number of aromatic nitrogens is 1. The third kappa shape index (κ3) is 4.50. The van der Waals surface area contributed by atoms with E-state index in [1.807, 2.05) is 0 Å². The van der Waals surface area contributed by atoms with E-state index in [4.69, 9.17) is 9.15 Å². The molecule has 0 unspecified atom stereocenters. The molecule has 138 valence electrons. The van der Waals surface area contributed by atoms with Crippen LogP contribution < -0.4 is 15.8 Å². The molecule has 0 saturated heterocycles. The Morgan fingerprint density at radius 3 is 2.58 bits per heavy atom. The third-order valence-electron chi connectivity index (χ3n) is 3.76. The number of rotatable bonds is 7. The molecule has 0 aliphatic carbocycles. The van der Waals surface area contributed by atoms with Gasteiger partial charge in [0.25, 0.3) is 0 Å². The van der Waals surface area contributed by atoms with Crippen molar-refractivity contribution < 1.29 is 18.7 Å². The minimum Gasteiger partial charge on any atom is -0.457 e. The van der Waals surface area contributed by atoms with Crippen LogP contribution in [0.4, 0.5) is 4.39 Å². The Bertz CT molecular complexity index is 939. The van der Waals surface area contributed by atoms with Crippen LogP contribution in [-0.4, -0.2) is 28.4 Å². The second-order valence-electron chi connectivity index (χ2n) is 6.69. The molecule has 0 radical (unpaired) electrons. The van der Waals surface area contributed by atoms with Gasteiger partial charge in [0, 0.05) is 25.7 Å². The monoisotopic (exact) mass is 360 g/mol. The highest BCUT2D eigenvalue weighted by molar-refractivity contribution is 5.75. The Kier molecular flexibility index (Phi) is 5.11. The van der Waals surface area contributed by atoms with Gasteiger partial charge in [-0.25, -0.2) is 9.18 Å². The van der Waals surface area contributed by atoms with Gasteiger partial charge in [-0.3, -0.25) is 4.57 Å². The Morgan fingerprint density at radius 1 is 1.19 bits per heavy atom. The number of aliphatic hydroxyl groups is 1. The first kappa shape index (κ1) is 18.2. The van der Waals surface area contributed by atoms with Crippen LogP contribution >= 0.6 is 0 Å². The number of hydrogen-bond donors (Lipinski definition) is 2. The summed E-state index contributed by atoms with van der Waals surface area (Å²) in [4.78, 5) is 12.1. The molecule has 0 aliphatic heterocycles. The first-order valence-electron chi connectivity index (χ1n) is 8.32. The minimum absolute atomic E-state index is 0.338. The topological polar surface area (TPSA) is 76.6 Å². The summed E-state index contributed by atoms with van der Waals surface area (Å²) < 4.78 is 25.4. The molecule has 26 heavy (non-hydrogen) atoms. The number of ether oxygens (including phenoxy) is 1. The summed E-state index contributed by atoms with van der Waals surface area (Å²) in [6.07, 6.45) is 0. The lowest BCUT2D eigenvalue weighted by Crippen LogP contribution is -2.36. The molecule has 1 heterocycles. The summed E-state index contributed by atoms with van der Waals surface area (Å²) in [5.41, 5.74) is 0.253. The van der Waals surface area contributed by atoms with Crippen LogP contribution in [0.2, 0.25) is 0 Å². The normalized spacial score (nSPS) is 11.8. The lowest BCUT2D eigenvalue weighted by atomic mass is 10.1. The molecule has 3 aromatic rings. The van der Waals surface area contributed by atoms with Crippen molar-refractivity contribution in [1.82, 2.24) is 9.88 Å². The van der Waals surface area contributed by atoms with E-state index < -0.39 is 11.4 Å². The molecular formula is C19H21FN2O4. The zero-order chi connectivity index (χ0) is 18.7. The average molecular weight is 360 g/mol. The van der Waals surface area contributed by atoms with Crippen LogP contribution in [0.3, 0.4) is 0 Å². The van der Waals surface area contributed by atoms with Crippen molar-refractivity contribution in [1.29, 1.82) is 0 Å². The smallest absolute Gasteiger partial charge is 0.419 e. The third-order valence-corrected chi connectivity index (χ3v) is 3.76. The first-order valence-corrected chi connectivity index (χ1v) is 8.32. The summed E-state index contributed by atoms with van der Waals surface area (Å²) in [6.45, 7) is 4.72. The van der Waals surface area contributed by atoms with Gasteiger partial charge in [0.2, 0.25) is 0 Å². The van der Waals surface area contributed by atoms with E-state index >= 15 is 0 Å². The van der Waals surface area contributed by atoms with Crippen LogP contribution in [0.5, 0.6) is 11.5 Å². The van der Waals surface area contributed by atoms with Crippen molar-refractivity contribution in [3.63, 3.8) is 0 Å². The molecule has 1 aromatic heterocycles. The van der Waals surface area contributed by atoms with Gasteiger partial charge < -0.3 is 19.6 Å². The second kappa shape index (κ2) is 7.31. The van der Waals surface area contributed by atoms with Crippen molar-refractivity contribution in [2.24, 2.45) is 0 Å². The number of fused-ring (bicyclic) bond motifs is 1. The van der Waals surface area contributed by atoms with Crippen LogP contribution in [0, 0.1) is 5.82 Å². The summed E-state index contributed by atoms with van der Waals surface area (Å²) in [7, 11) is 0. The molecule has 0 amide bonds. The number of hydrogen-bond acceptors (Lipinski definition) is 5. The quantitative estimate of drug-likeness (QED) is 0.634. The summed E-state index contributed by atoms with van der Waals surface area (Å²) in [5, 5.41) is 12.8. The molecule has 3 rings (SSSR count). The maximum atomic E-state index is 13.0. The predicted octanol–water partition coefficient (Wildman–Crippen LogP) is 2.89. The molecule has 0 fully saturated rings. The fraction of sp³-hybridized carbons (Fsp3) is 0.316. The molecule has 2 aromatic carbocycles. The number of nitrogens with zero attached hydrogens (tertiary/aromatic N) is 1. The molecule has 0 saturated carbocycles. The van der Waals surface area contributed by atoms with Crippen LogP contribution in [0.15, 0.2) is 51.7 Å². The summed E-state index contributed by atoms with van der Waals surface area (Å²) in [6, 6.07) is 10.7. The first-order chi connectivity index (χ1) is 12.3. The Hall–Kier alpha value is -2.64. The molecule has 0 bridgehead atoms. The summed E-state index contributed by atoms with van der Waals surface area (Å²) >= 11 is 0. The largest absolute Gasteiger partial charge is 0.457 e. The van der Waals surface area contributed by atoms with E-state index in [9.17, 15) is 14.3 Å². The standard InChI is InChI=1S/C19H21FN2O4/c1-19(2,24)12-21-9-10-22-16-11-15(7-8-17(16)26-18(22)23)25-14-5-3-13(20)4-6-14/h3-8,11,21,24H,9-10,12H2,1-2H3. The predicted molar refractivity (Wildman–Crippen MR) is 96.1 cm³/mol. The zero-order valence-corrected chi connectivity index (χ0v) is 14.7. The van der Waals surface area contributed by atoms with Crippen molar-refractivity contribution >= 4 is 11.1 Å². The maximum Gasteiger partial charge on any atom is 0.419 e. The Labute approximate surface area is 149 Å². The van der Waals surface area contributed by atoms with Crippen molar-refractivity contribution in [3.05, 3.63) is 58.8 Å². The zero-order valence-electron chi connectivity index (χ0n) is 14.7. The Balaban J connectivity index is 1.77. The number of nitrogens with one attached hydrogen (secondary N) is 1. The van der Waals surface area contributed by atoms with Gasteiger partial charge in [-0.2, -0.15) is 0 Å². The van der Waals surface area contributed by atoms with Gasteiger partial charge in [-0.05, 0) is 50.2 Å². The highest BCUT2D eigenvalue weighted by atomic mass is 19.1. The highest BCUT2D eigenvalue weighted by Gasteiger charge is 2.13. The van der Waals surface area contributed by atoms with Crippen molar-refractivity contribution in [2.45, 2.75) is 26.0 Å². The summed E-state index contributed by atoms with van der Waals surface area (Å²) in [5.74, 6) is 0.220. The van der Waals surface area contributed by atoms with Crippen LogP contribution in [0.25, 0.3) is 11.1 Å². The van der Waals surface area contributed by atoms with Gasteiger partial charge >= 0.3 is 5.76 Å². The minimum atomic E-state index is -0.820. The van der Waals surface area contributed by atoms with Gasteiger partial charge in [-0.1, -0.05) is 0 Å². The molecule has 2 N–H and O–H groups in total. The number of benzene rings is 2. The van der Waals surface area contributed by atoms with Crippen molar-refractivity contribution in [3.8, 4) is 11.5 Å². The van der Waals surface area contributed by atoms with E-state index in [0.29, 0.717) is 42.2 Å². The molecule has 7 heteroatoms. The highest BCUT2D eigenvalue weighted by Crippen LogP contribution is 2.25. The van der Waals surface area contributed by atoms with E-state index in [0.717, 1.165) is 0 Å². The number of halogens is 1. The fourth-order valence-electron chi connectivity index (χ4n) is 2.54. The van der Waals surface area contributed by atoms with Crippen LogP contribution in [0.1, 0.15) is 13.8 Å². The fourth-order valence-corrected chi connectivity index (χ4v) is 2.54. The van der Waals surface area contributed by atoms with Gasteiger partial charge in [0.15, 0.2) is 5.58 Å². The van der Waals surface area contributed by atoms with Crippen LogP contribution in [-0.2, 0) is 6.54 Å². The van der Waals surface area contributed by atoms with E-state index in [1.165, 1.54) is 28.8 Å². The SMILES string of the molecule is CC(C)(O)CNCCn1c(=O)oc2ccc(Oc3ccc(F)cc3)cc21. The van der Waals surface area contributed by atoms with Crippen molar-refractivity contribution in [2.75, 3.05) is 13.1 Å². The van der Waals surface area contributed by atoms with Gasteiger partial charge in [0.1, 0.15) is 17.3 Å². The van der Waals surface area contributed by atoms with Gasteiger partial charge in [0.05, 0.1) is 11.1 Å². The van der Waals surface area contributed by atoms with E-state index in [1.54, 1.807) is 32.0 Å². The molecule has 6 nitrogen and oxygen atoms in total. The van der Waals surface area contributed by atoms with E-state index in [2.05, 4.69) is 5.32 Å². The van der Waals surface area contributed by atoms with Gasteiger partial charge in [-0.15, -0.1) is 0 Å². The second-order valence-corrected chi connectivity index (χ2v) is 6.69. The molecule has 0 atom stereocenters. The number of oxazole rings is 1. The van der Waals surface area contributed by atoms with E-state index in [-0.39, 0.29) is 5.82 Å². The lowest BCUT2D eigenvalue weighted by molar-refractivity contribution is 0.0797. The molecular weight excluding hydrogens is 339 g/mol. The lowest BCUT2D eigenvalue weighted by Gasteiger charge is -2.17. The maximum absolute atomic E-state index is 13.0. The molecule has 0 aliphatic rings. The Morgan fingerprint density at radius 2 is 1.88 bits per heavy atom. The average Bonchev–Trinajstić information content (AvgIpc) is 2.88.